The summed E-state index contributed by atoms with van der Waals surface area (Å²) in [6.07, 6.45) is 2.22. The van der Waals surface area contributed by atoms with E-state index in [0.717, 1.165) is 10.9 Å². The van der Waals surface area contributed by atoms with Crippen LogP contribution in [-0.4, -0.2) is 6.61 Å². The first kappa shape index (κ1) is 13.9. The Kier molecular flexibility index (Phi) is 4.06. The molecule has 106 valence electrons. The van der Waals surface area contributed by atoms with Crippen molar-refractivity contribution in [1.82, 2.24) is 0 Å². The lowest BCUT2D eigenvalue weighted by Gasteiger charge is -2.07. The second-order valence-electron chi connectivity index (χ2n) is 4.67. The zero-order valence-electron chi connectivity index (χ0n) is 11.2. The molecular weight excluding hydrogens is 332 g/mol. The summed E-state index contributed by atoms with van der Waals surface area (Å²) in [5, 5.41) is 0.540. The molecule has 0 N–H and O–H groups in total. The summed E-state index contributed by atoms with van der Waals surface area (Å²) in [5.74, 6) is 0.679. The zero-order chi connectivity index (χ0) is 14.7. The van der Waals surface area contributed by atoms with E-state index < -0.39 is 0 Å². The highest BCUT2D eigenvalue weighted by molar-refractivity contribution is 9.10. The fraction of sp³-hybridized carbons (Fsp3) is 0.118. The smallest absolute Gasteiger partial charge is 0.192 e. The molecule has 1 aromatic heterocycles. The van der Waals surface area contributed by atoms with Gasteiger partial charge in [0.1, 0.15) is 11.3 Å². The average molecular weight is 345 g/mol. The third kappa shape index (κ3) is 3.34. The average Bonchev–Trinajstić information content (AvgIpc) is 2.50. The molecule has 21 heavy (non-hydrogen) atoms. The standard InChI is InChI=1S/C17H13BrO3/c18-13-3-1-12(2-4-13)7-9-20-14-5-6-17-15(11-14)16(19)8-10-21-17/h1-6,8,10-11H,7,9H2. The van der Waals surface area contributed by atoms with Crippen LogP contribution in [0.3, 0.4) is 0 Å². The van der Waals surface area contributed by atoms with E-state index in [1.165, 1.54) is 17.9 Å². The Bertz CT molecular complexity index is 806. The Labute approximate surface area is 130 Å². The minimum absolute atomic E-state index is 0.0605. The van der Waals surface area contributed by atoms with E-state index in [0.29, 0.717) is 23.3 Å². The summed E-state index contributed by atoms with van der Waals surface area (Å²) in [4.78, 5) is 11.7. The number of halogens is 1. The van der Waals surface area contributed by atoms with E-state index in [1.54, 1.807) is 12.1 Å². The van der Waals surface area contributed by atoms with E-state index in [-0.39, 0.29) is 5.43 Å². The molecule has 0 radical (unpaired) electrons. The molecule has 0 saturated heterocycles. The van der Waals surface area contributed by atoms with Gasteiger partial charge in [-0.15, -0.1) is 0 Å². The maximum absolute atomic E-state index is 11.7. The Morgan fingerprint density at radius 3 is 2.67 bits per heavy atom. The Morgan fingerprint density at radius 2 is 1.86 bits per heavy atom. The number of benzene rings is 2. The minimum atomic E-state index is -0.0605. The van der Waals surface area contributed by atoms with Crippen molar-refractivity contribution >= 4 is 26.9 Å². The van der Waals surface area contributed by atoms with Crippen LogP contribution >= 0.6 is 15.9 Å². The molecule has 0 bridgehead atoms. The van der Waals surface area contributed by atoms with Crippen LogP contribution in [-0.2, 0) is 6.42 Å². The van der Waals surface area contributed by atoms with E-state index in [4.69, 9.17) is 9.15 Å². The molecular formula is C17H13BrO3. The van der Waals surface area contributed by atoms with E-state index >= 15 is 0 Å². The fourth-order valence-electron chi connectivity index (χ4n) is 2.09. The third-order valence-electron chi connectivity index (χ3n) is 3.20. The van der Waals surface area contributed by atoms with Gasteiger partial charge in [0.25, 0.3) is 0 Å². The van der Waals surface area contributed by atoms with Gasteiger partial charge in [-0.05, 0) is 35.9 Å². The molecule has 0 spiro atoms. The number of rotatable bonds is 4. The molecule has 0 unspecified atom stereocenters. The second kappa shape index (κ2) is 6.14. The molecule has 0 amide bonds. The Balaban J connectivity index is 1.69. The second-order valence-corrected chi connectivity index (χ2v) is 5.58. The van der Waals surface area contributed by atoms with Crippen LogP contribution in [0.5, 0.6) is 5.75 Å². The van der Waals surface area contributed by atoms with Gasteiger partial charge >= 0.3 is 0 Å². The summed E-state index contributed by atoms with van der Waals surface area (Å²) < 4.78 is 12.0. The normalized spacial score (nSPS) is 10.7. The number of fused-ring (bicyclic) bond motifs is 1. The SMILES string of the molecule is O=c1ccoc2ccc(OCCc3ccc(Br)cc3)cc12. The lowest BCUT2D eigenvalue weighted by molar-refractivity contribution is 0.322. The third-order valence-corrected chi connectivity index (χ3v) is 3.73. The molecule has 4 heteroatoms. The first-order chi connectivity index (χ1) is 10.2. The summed E-state index contributed by atoms with van der Waals surface area (Å²) in [6.45, 7) is 0.561. The molecule has 3 rings (SSSR count). The van der Waals surface area contributed by atoms with Crippen molar-refractivity contribution in [2.24, 2.45) is 0 Å². The van der Waals surface area contributed by atoms with Crippen molar-refractivity contribution in [3.8, 4) is 5.75 Å². The van der Waals surface area contributed by atoms with Crippen molar-refractivity contribution in [2.45, 2.75) is 6.42 Å². The highest BCUT2D eigenvalue weighted by Crippen LogP contribution is 2.18. The summed E-state index contributed by atoms with van der Waals surface area (Å²) in [7, 11) is 0. The fourth-order valence-corrected chi connectivity index (χ4v) is 2.36. The minimum Gasteiger partial charge on any atom is -0.493 e. The van der Waals surface area contributed by atoms with Gasteiger partial charge in [0.2, 0.25) is 0 Å². The molecule has 2 aromatic carbocycles. The summed E-state index contributed by atoms with van der Waals surface area (Å²) >= 11 is 3.41. The lowest BCUT2D eigenvalue weighted by Crippen LogP contribution is -2.03. The van der Waals surface area contributed by atoms with Gasteiger partial charge in [-0.1, -0.05) is 28.1 Å². The maximum atomic E-state index is 11.7. The molecule has 3 aromatic rings. The van der Waals surface area contributed by atoms with Gasteiger partial charge in [0.05, 0.1) is 18.3 Å². The summed E-state index contributed by atoms with van der Waals surface area (Å²) in [6, 6.07) is 14.8. The predicted molar refractivity (Wildman–Crippen MR) is 85.8 cm³/mol. The van der Waals surface area contributed by atoms with Crippen molar-refractivity contribution < 1.29 is 9.15 Å². The molecule has 0 aliphatic rings. The van der Waals surface area contributed by atoms with Gasteiger partial charge in [0.15, 0.2) is 5.43 Å². The van der Waals surface area contributed by atoms with Crippen molar-refractivity contribution in [3.63, 3.8) is 0 Å². The van der Waals surface area contributed by atoms with E-state index in [9.17, 15) is 4.79 Å². The quantitative estimate of drug-likeness (QED) is 0.712. The van der Waals surface area contributed by atoms with Crippen LogP contribution < -0.4 is 10.2 Å². The van der Waals surface area contributed by atoms with Crippen LogP contribution in [0.25, 0.3) is 11.0 Å². The molecule has 3 nitrogen and oxygen atoms in total. The van der Waals surface area contributed by atoms with Gasteiger partial charge in [0, 0.05) is 17.0 Å². The van der Waals surface area contributed by atoms with Gasteiger partial charge in [-0.25, -0.2) is 0 Å². The maximum Gasteiger partial charge on any atom is 0.192 e. The van der Waals surface area contributed by atoms with Crippen LogP contribution in [0, 0.1) is 0 Å². The topological polar surface area (TPSA) is 39.4 Å². The highest BCUT2D eigenvalue weighted by Gasteiger charge is 2.02. The highest BCUT2D eigenvalue weighted by atomic mass is 79.9. The molecule has 1 heterocycles. The van der Waals surface area contributed by atoms with Crippen LogP contribution in [0.4, 0.5) is 0 Å². The van der Waals surface area contributed by atoms with Crippen LogP contribution in [0.15, 0.2) is 68.5 Å². The number of ether oxygens (including phenoxy) is 1. The lowest BCUT2D eigenvalue weighted by atomic mass is 10.2. The molecule has 0 atom stereocenters. The van der Waals surface area contributed by atoms with Gasteiger partial charge in [-0.2, -0.15) is 0 Å². The molecule has 0 saturated carbocycles. The van der Waals surface area contributed by atoms with E-state index in [1.807, 2.05) is 18.2 Å². The molecule has 0 fully saturated rings. The number of hydrogen-bond donors (Lipinski definition) is 0. The van der Waals surface area contributed by atoms with Crippen LogP contribution in [0.1, 0.15) is 5.56 Å². The zero-order valence-corrected chi connectivity index (χ0v) is 12.8. The largest absolute Gasteiger partial charge is 0.493 e. The van der Waals surface area contributed by atoms with Gasteiger partial charge < -0.3 is 9.15 Å². The van der Waals surface area contributed by atoms with E-state index in [2.05, 4.69) is 28.1 Å². The first-order valence-electron chi connectivity index (χ1n) is 6.61. The first-order valence-corrected chi connectivity index (χ1v) is 7.40. The van der Waals surface area contributed by atoms with Gasteiger partial charge in [-0.3, -0.25) is 4.79 Å². The Morgan fingerprint density at radius 1 is 1.05 bits per heavy atom. The van der Waals surface area contributed by atoms with Crippen LogP contribution in [0.2, 0.25) is 0 Å². The monoisotopic (exact) mass is 344 g/mol. The van der Waals surface area contributed by atoms with Crippen molar-refractivity contribution in [1.29, 1.82) is 0 Å². The molecule has 0 aliphatic heterocycles. The van der Waals surface area contributed by atoms with Crippen molar-refractivity contribution in [3.05, 3.63) is 75.1 Å². The Hall–Kier alpha value is -2.07. The molecule has 0 aliphatic carbocycles. The predicted octanol–water partition coefficient (Wildman–Crippen LogP) is 4.18. The number of hydrogen-bond acceptors (Lipinski definition) is 3. The summed E-state index contributed by atoms with van der Waals surface area (Å²) in [5.41, 5.74) is 1.72. The van der Waals surface area contributed by atoms with Crippen molar-refractivity contribution in [2.75, 3.05) is 6.61 Å².